The molecule has 1 aliphatic heterocycles. The standard InChI is InChI=1S/C26H21N3O4S/c1-18-17-22(20-11-5-7-13-23(20)27-18)26(30)33-16-15-29(19-9-3-2-4-10-19)25-21-12-6-8-14-24(21)34(31,32)28-25/h2-14,17H,15-16H2,1H3. The topological polar surface area (TPSA) is 88.9 Å². The van der Waals surface area contributed by atoms with Crippen LogP contribution in [0.15, 0.2) is 94.2 Å². The first-order valence-corrected chi connectivity index (χ1v) is 12.2. The van der Waals surface area contributed by atoms with Gasteiger partial charge in [-0.2, -0.15) is 8.42 Å². The van der Waals surface area contributed by atoms with Crippen LogP contribution in [0.2, 0.25) is 0 Å². The van der Waals surface area contributed by atoms with E-state index in [0.717, 1.165) is 22.3 Å². The fraction of sp³-hybridized carbons (Fsp3) is 0.115. The van der Waals surface area contributed by atoms with Crippen molar-refractivity contribution in [2.24, 2.45) is 4.40 Å². The molecule has 0 aliphatic carbocycles. The minimum absolute atomic E-state index is 0.0324. The van der Waals surface area contributed by atoms with Crippen LogP contribution in [0, 0.1) is 6.92 Å². The molecule has 0 radical (unpaired) electrons. The maximum atomic E-state index is 13.0. The highest BCUT2D eigenvalue weighted by molar-refractivity contribution is 7.90. The molecule has 0 saturated heterocycles. The number of hydrogen-bond donors (Lipinski definition) is 0. The molecule has 2 heterocycles. The number of rotatable bonds is 5. The molecule has 0 spiro atoms. The number of para-hydroxylation sites is 2. The van der Waals surface area contributed by atoms with Crippen LogP contribution < -0.4 is 4.90 Å². The van der Waals surface area contributed by atoms with Gasteiger partial charge in [-0.25, -0.2) is 4.79 Å². The van der Waals surface area contributed by atoms with Crippen molar-refractivity contribution in [2.45, 2.75) is 11.8 Å². The van der Waals surface area contributed by atoms with Crippen molar-refractivity contribution in [3.05, 3.63) is 102 Å². The molecular formula is C26H21N3O4S. The normalized spacial score (nSPS) is 13.9. The zero-order chi connectivity index (χ0) is 23.7. The quantitative estimate of drug-likeness (QED) is 0.402. The number of anilines is 1. The van der Waals surface area contributed by atoms with Gasteiger partial charge in [-0.1, -0.05) is 48.5 Å². The molecule has 0 fully saturated rings. The van der Waals surface area contributed by atoms with Crippen LogP contribution in [0.3, 0.4) is 0 Å². The molecule has 1 aliphatic rings. The van der Waals surface area contributed by atoms with Crippen molar-refractivity contribution in [1.29, 1.82) is 0 Å². The fourth-order valence-corrected chi connectivity index (χ4v) is 5.24. The van der Waals surface area contributed by atoms with Crippen molar-refractivity contribution in [2.75, 3.05) is 18.1 Å². The Balaban J connectivity index is 1.42. The number of nitrogens with zero attached hydrogens (tertiary/aromatic N) is 3. The molecule has 4 aromatic rings. The van der Waals surface area contributed by atoms with Crippen LogP contribution in [-0.2, 0) is 14.8 Å². The van der Waals surface area contributed by atoms with Gasteiger partial charge in [0.25, 0.3) is 10.0 Å². The van der Waals surface area contributed by atoms with Gasteiger partial charge in [0.2, 0.25) is 0 Å². The zero-order valence-corrected chi connectivity index (χ0v) is 19.2. The summed E-state index contributed by atoms with van der Waals surface area (Å²) in [5.41, 5.74) is 3.16. The third kappa shape index (κ3) is 4.04. The van der Waals surface area contributed by atoms with E-state index in [1.807, 2.05) is 61.5 Å². The van der Waals surface area contributed by atoms with E-state index in [1.54, 1.807) is 35.2 Å². The second-order valence-corrected chi connectivity index (χ2v) is 9.41. The van der Waals surface area contributed by atoms with Crippen LogP contribution >= 0.6 is 0 Å². The Morgan fingerprint density at radius 3 is 2.47 bits per heavy atom. The Bertz CT molecular complexity index is 1530. The van der Waals surface area contributed by atoms with Crippen molar-refractivity contribution in [3.63, 3.8) is 0 Å². The molecule has 0 atom stereocenters. The predicted molar refractivity (Wildman–Crippen MR) is 131 cm³/mol. The number of carbonyl (C=O) groups is 1. The number of sulfonamides is 1. The van der Waals surface area contributed by atoms with Gasteiger partial charge in [0, 0.05) is 22.3 Å². The number of benzene rings is 3. The number of amidine groups is 1. The Labute approximate surface area is 197 Å². The Hall–Kier alpha value is -4.04. The van der Waals surface area contributed by atoms with Gasteiger partial charge in [0.05, 0.1) is 17.6 Å². The largest absolute Gasteiger partial charge is 0.460 e. The Kier molecular flexibility index (Phi) is 5.59. The molecule has 170 valence electrons. The van der Waals surface area contributed by atoms with Crippen LogP contribution in [0.1, 0.15) is 21.6 Å². The monoisotopic (exact) mass is 471 g/mol. The van der Waals surface area contributed by atoms with Crippen LogP contribution in [0.4, 0.5) is 5.69 Å². The van der Waals surface area contributed by atoms with E-state index in [4.69, 9.17) is 4.74 Å². The van der Waals surface area contributed by atoms with Gasteiger partial charge in [-0.15, -0.1) is 4.40 Å². The molecule has 3 aromatic carbocycles. The van der Waals surface area contributed by atoms with E-state index in [0.29, 0.717) is 17.0 Å². The van der Waals surface area contributed by atoms with Gasteiger partial charge in [0.15, 0.2) is 5.84 Å². The number of fused-ring (bicyclic) bond motifs is 2. The van der Waals surface area contributed by atoms with E-state index in [-0.39, 0.29) is 18.0 Å². The molecule has 0 amide bonds. The molecule has 0 bridgehead atoms. The second-order valence-electron chi connectivity index (χ2n) is 7.84. The summed E-state index contributed by atoms with van der Waals surface area (Å²) in [6.45, 7) is 2.08. The second kappa shape index (κ2) is 8.72. The molecule has 0 saturated carbocycles. The van der Waals surface area contributed by atoms with Gasteiger partial charge < -0.3 is 9.64 Å². The lowest BCUT2D eigenvalue weighted by Gasteiger charge is -2.24. The van der Waals surface area contributed by atoms with Gasteiger partial charge in [0.1, 0.15) is 11.5 Å². The number of aryl methyl sites for hydroxylation is 1. The van der Waals surface area contributed by atoms with Crippen LogP contribution in [0.25, 0.3) is 10.9 Å². The SMILES string of the molecule is Cc1cc(C(=O)OCCN(C2=NS(=O)(=O)c3ccccc32)c2ccccc2)c2ccccc2n1. The lowest BCUT2D eigenvalue weighted by atomic mass is 10.1. The van der Waals surface area contributed by atoms with Crippen LogP contribution in [-0.4, -0.2) is 38.4 Å². The summed E-state index contributed by atoms with van der Waals surface area (Å²) in [6.07, 6.45) is 0. The third-order valence-electron chi connectivity index (χ3n) is 5.55. The number of ether oxygens (including phenoxy) is 1. The summed E-state index contributed by atoms with van der Waals surface area (Å²) in [4.78, 5) is 19.3. The summed E-state index contributed by atoms with van der Waals surface area (Å²) in [7, 11) is -3.79. The summed E-state index contributed by atoms with van der Waals surface area (Å²) in [5, 5.41) is 0.721. The number of esters is 1. The molecular weight excluding hydrogens is 450 g/mol. The highest BCUT2D eigenvalue weighted by Crippen LogP contribution is 2.30. The maximum Gasteiger partial charge on any atom is 0.338 e. The summed E-state index contributed by atoms with van der Waals surface area (Å²) in [6, 6.07) is 25.1. The first-order chi connectivity index (χ1) is 16.4. The van der Waals surface area contributed by atoms with E-state index in [9.17, 15) is 13.2 Å². The number of carbonyl (C=O) groups excluding carboxylic acids is 1. The summed E-state index contributed by atoms with van der Waals surface area (Å²) >= 11 is 0. The summed E-state index contributed by atoms with van der Waals surface area (Å²) < 4.78 is 34.9. The average Bonchev–Trinajstić information content (AvgIpc) is 3.12. The van der Waals surface area contributed by atoms with E-state index in [1.165, 1.54) is 0 Å². The molecule has 1 aromatic heterocycles. The van der Waals surface area contributed by atoms with Gasteiger partial charge >= 0.3 is 5.97 Å². The van der Waals surface area contributed by atoms with E-state index < -0.39 is 16.0 Å². The van der Waals surface area contributed by atoms with Crippen molar-refractivity contribution < 1.29 is 17.9 Å². The highest BCUT2D eigenvalue weighted by atomic mass is 32.2. The van der Waals surface area contributed by atoms with Gasteiger partial charge in [-0.3, -0.25) is 4.98 Å². The Morgan fingerprint density at radius 1 is 0.941 bits per heavy atom. The minimum atomic E-state index is -3.79. The van der Waals surface area contributed by atoms with Crippen molar-refractivity contribution in [1.82, 2.24) is 4.98 Å². The number of pyridine rings is 1. The van der Waals surface area contributed by atoms with Crippen molar-refractivity contribution in [3.8, 4) is 0 Å². The zero-order valence-electron chi connectivity index (χ0n) is 18.4. The third-order valence-corrected chi connectivity index (χ3v) is 6.87. The van der Waals surface area contributed by atoms with Gasteiger partial charge in [-0.05, 0) is 43.3 Å². The smallest absolute Gasteiger partial charge is 0.338 e. The lowest BCUT2D eigenvalue weighted by molar-refractivity contribution is 0.0519. The van der Waals surface area contributed by atoms with E-state index in [2.05, 4.69) is 9.38 Å². The molecule has 0 unspecified atom stereocenters. The lowest BCUT2D eigenvalue weighted by Crippen LogP contribution is -2.34. The first kappa shape index (κ1) is 21.8. The Morgan fingerprint density at radius 2 is 1.65 bits per heavy atom. The molecule has 7 nitrogen and oxygen atoms in total. The molecule has 8 heteroatoms. The number of aromatic nitrogens is 1. The molecule has 34 heavy (non-hydrogen) atoms. The average molecular weight is 472 g/mol. The molecule has 5 rings (SSSR count). The van der Waals surface area contributed by atoms with Crippen molar-refractivity contribution >= 4 is 38.4 Å². The fourth-order valence-electron chi connectivity index (χ4n) is 4.03. The number of hydrogen-bond acceptors (Lipinski definition) is 6. The first-order valence-electron chi connectivity index (χ1n) is 10.7. The minimum Gasteiger partial charge on any atom is -0.460 e. The predicted octanol–water partition coefficient (Wildman–Crippen LogP) is 4.36. The van der Waals surface area contributed by atoms with E-state index >= 15 is 0 Å². The molecule has 0 N–H and O–H groups in total. The summed E-state index contributed by atoms with van der Waals surface area (Å²) in [5.74, 6) is -0.154. The highest BCUT2D eigenvalue weighted by Gasteiger charge is 2.32. The maximum absolute atomic E-state index is 13.0. The van der Waals surface area contributed by atoms with Crippen LogP contribution in [0.5, 0.6) is 0 Å².